The van der Waals surface area contributed by atoms with E-state index in [1.807, 2.05) is 30.0 Å². The summed E-state index contributed by atoms with van der Waals surface area (Å²) < 4.78 is 23.5. The number of guanidine groups is 1. The number of carbonyl (C=O) groups excluding carboxylic acids is 1. The zero-order chi connectivity index (χ0) is 19.4. The minimum atomic E-state index is -3.09. The van der Waals surface area contributed by atoms with Crippen molar-refractivity contribution in [1.82, 2.24) is 15.5 Å². The first-order chi connectivity index (χ1) is 12.2. The highest BCUT2D eigenvalue weighted by Gasteiger charge is 2.40. The van der Waals surface area contributed by atoms with Crippen LogP contribution >= 0.6 is 0 Å². The lowest BCUT2D eigenvalue weighted by molar-refractivity contribution is 0.0955. The highest BCUT2D eigenvalue weighted by molar-refractivity contribution is 7.92. The van der Waals surface area contributed by atoms with Crippen molar-refractivity contribution in [3.63, 3.8) is 0 Å². The van der Waals surface area contributed by atoms with Gasteiger partial charge in [0.25, 0.3) is 5.91 Å². The van der Waals surface area contributed by atoms with E-state index in [0.29, 0.717) is 37.7 Å². The number of benzene rings is 1. The molecular weight excluding hydrogens is 352 g/mol. The lowest BCUT2D eigenvalue weighted by atomic mass is 10.1. The summed E-state index contributed by atoms with van der Waals surface area (Å²) in [5.74, 6) is 0.686. The van der Waals surface area contributed by atoms with Crippen LogP contribution in [-0.4, -0.2) is 62.4 Å². The second-order valence-electron chi connectivity index (χ2n) is 6.96. The first kappa shape index (κ1) is 20.2. The Morgan fingerprint density at radius 2 is 2.04 bits per heavy atom. The van der Waals surface area contributed by atoms with Gasteiger partial charge in [-0.1, -0.05) is 12.1 Å². The molecule has 0 spiro atoms. The first-order valence-corrected chi connectivity index (χ1v) is 10.4. The molecule has 1 aromatic carbocycles. The van der Waals surface area contributed by atoms with E-state index in [0.717, 1.165) is 5.56 Å². The van der Waals surface area contributed by atoms with Gasteiger partial charge in [0.15, 0.2) is 15.8 Å². The Morgan fingerprint density at radius 1 is 1.31 bits per heavy atom. The van der Waals surface area contributed by atoms with Gasteiger partial charge in [0.1, 0.15) is 0 Å². The van der Waals surface area contributed by atoms with Gasteiger partial charge < -0.3 is 15.5 Å². The van der Waals surface area contributed by atoms with Gasteiger partial charge in [-0.2, -0.15) is 0 Å². The van der Waals surface area contributed by atoms with E-state index in [2.05, 4.69) is 15.6 Å². The molecule has 1 aliphatic heterocycles. The molecule has 2 N–H and O–H groups in total. The Kier molecular flexibility index (Phi) is 6.28. The van der Waals surface area contributed by atoms with E-state index >= 15 is 0 Å². The molecule has 0 saturated carbocycles. The highest BCUT2D eigenvalue weighted by atomic mass is 32.2. The zero-order valence-electron chi connectivity index (χ0n) is 15.9. The van der Waals surface area contributed by atoms with Crippen LogP contribution < -0.4 is 10.6 Å². The quantitative estimate of drug-likeness (QED) is 0.601. The molecule has 0 unspecified atom stereocenters. The van der Waals surface area contributed by atoms with Crippen LogP contribution in [0.5, 0.6) is 0 Å². The number of aliphatic imine (C=N–C) groups is 1. The van der Waals surface area contributed by atoms with E-state index in [9.17, 15) is 13.2 Å². The maximum Gasteiger partial charge on any atom is 0.251 e. The number of nitrogens with one attached hydrogen (secondary N) is 2. The normalized spacial score (nSPS) is 19.1. The molecule has 1 aromatic rings. The maximum absolute atomic E-state index is 12.2. The van der Waals surface area contributed by atoms with Crippen LogP contribution in [0, 0.1) is 0 Å². The third-order valence-corrected chi connectivity index (χ3v) is 7.06. The van der Waals surface area contributed by atoms with Gasteiger partial charge in [-0.25, -0.2) is 8.42 Å². The van der Waals surface area contributed by atoms with Crippen LogP contribution in [-0.2, 0) is 16.4 Å². The standard InChI is InChI=1S/C18H28N4O3S/c1-5-20-16(23)15-8-6-7-14(11-15)12-21-17(19-4)22-9-10-26(24,25)18(2,3)13-22/h6-8,11H,5,9-10,12-13H2,1-4H3,(H,19,21)(H,20,23). The average Bonchev–Trinajstić information content (AvgIpc) is 2.59. The van der Waals surface area contributed by atoms with Crippen molar-refractivity contribution in [2.75, 3.05) is 32.4 Å². The summed E-state index contributed by atoms with van der Waals surface area (Å²) in [6, 6.07) is 7.41. The van der Waals surface area contributed by atoms with E-state index in [4.69, 9.17) is 0 Å². The number of amides is 1. The summed E-state index contributed by atoms with van der Waals surface area (Å²) in [5.41, 5.74) is 1.57. The summed E-state index contributed by atoms with van der Waals surface area (Å²) >= 11 is 0. The molecule has 2 rings (SSSR count). The maximum atomic E-state index is 12.2. The largest absolute Gasteiger partial charge is 0.352 e. The van der Waals surface area contributed by atoms with E-state index in [1.165, 1.54) is 0 Å². The first-order valence-electron chi connectivity index (χ1n) is 8.75. The van der Waals surface area contributed by atoms with Gasteiger partial charge in [-0.15, -0.1) is 0 Å². The van der Waals surface area contributed by atoms with Gasteiger partial charge >= 0.3 is 0 Å². The predicted molar refractivity (Wildman–Crippen MR) is 104 cm³/mol. The Morgan fingerprint density at radius 3 is 2.65 bits per heavy atom. The van der Waals surface area contributed by atoms with Crippen LogP contribution in [0.1, 0.15) is 36.7 Å². The second kappa shape index (κ2) is 8.07. The fourth-order valence-corrected chi connectivity index (χ4v) is 4.29. The van der Waals surface area contributed by atoms with Crippen LogP contribution in [0.3, 0.4) is 0 Å². The van der Waals surface area contributed by atoms with E-state index < -0.39 is 14.6 Å². The lowest BCUT2D eigenvalue weighted by Crippen LogP contribution is -2.57. The molecule has 8 heteroatoms. The van der Waals surface area contributed by atoms with Gasteiger partial charge in [-0.05, 0) is 38.5 Å². The molecule has 1 saturated heterocycles. The molecule has 1 amide bonds. The fourth-order valence-electron chi connectivity index (χ4n) is 2.92. The fraction of sp³-hybridized carbons (Fsp3) is 0.556. The van der Waals surface area contributed by atoms with E-state index in [-0.39, 0.29) is 11.7 Å². The molecule has 0 bridgehead atoms. The highest BCUT2D eigenvalue weighted by Crippen LogP contribution is 2.23. The van der Waals surface area contributed by atoms with Crippen molar-refractivity contribution in [2.24, 2.45) is 4.99 Å². The van der Waals surface area contributed by atoms with Crippen LogP contribution in [0.2, 0.25) is 0 Å². The Balaban J connectivity index is 2.04. The Hall–Kier alpha value is -2.09. The molecule has 7 nitrogen and oxygen atoms in total. The SMILES string of the molecule is CCNC(=O)c1cccc(CNC(=NC)N2CCS(=O)(=O)C(C)(C)C2)c1. The second-order valence-corrected chi connectivity index (χ2v) is 9.70. The van der Waals surface area contributed by atoms with E-state index in [1.54, 1.807) is 27.0 Å². The van der Waals surface area contributed by atoms with Crippen LogP contribution in [0.4, 0.5) is 0 Å². The molecule has 0 radical (unpaired) electrons. The number of sulfone groups is 1. The minimum absolute atomic E-state index is 0.0956. The molecule has 0 aromatic heterocycles. The summed E-state index contributed by atoms with van der Waals surface area (Å²) in [6.45, 7) is 7.28. The van der Waals surface area contributed by atoms with Gasteiger partial charge in [0.05, 0.1) is 10.5 Å². The van der Waals surface area contributed by atoms with Crippen molar-refractivity contribution in [1.29, 1.82) is 0 Å². The average molecular weight is 381 g/mol. The molecule has 1 fully saturated rings. The van der Waals surface area contributed by atoms with Gasteiger partial charge in [0, 0.05) is 38.8 Å². The number of nitrogens with zero attached hydrogens (tertiary/aromatic N) is 2. The van der Waals surface area contributed by atoms with Crippen molar-refractivity contribution in [3.8, 4) is 0 Å². The number of hydrogen-bond donors (Lipinski definition) is 2. The minimum Gasteiger partial charge on any atom is -0.352 e. The van der Waals surface area contributed by atoms with Crippen molar-refractivity contribution in [2.45, 2.75) is 32.1 Å². The summed E-state index contributed by atoms with van der Waals surface area (Å²) in [4.78, 5) is 18.2. The molecule has 0 atom stereocenters. The van der Waals surface area contributed by atoms with Crippen molar-refractivity contribution < 1.29 is 13.2 Å². The van der Waals surface area contributed by atoms with Crippen molar-refractivity contribution >= 4 is 21.7 Å². The molecule has 1 heterocycles. The Labute approximate surface area is 155 Å². The third-order valence-electron chi connectivity index (χ3n) is 4.53. The van der Waals surface area contributed by atoms with Gasteiger partial charge in [0.2, 0.25) is 0 Å². The monoisotopic (exact) mass is 380 g/mol. The topological polar surface area (TPSA) is 90.9 Å². The molecule has 0 aliphatic carbocycles. The van der Waals surface area contributed by atoms with Crippen molar-refractivity contribution in [3.05, 3.63) is 35.4 Å². The summed E-state index contributed by atoms with van der Waals surface area (Å²) in [5, 5.41) is 6.05. The number of carbonyl (C=O) groups is 1. The molecular formula is C18H28N4O3S. The Bertz CT molecular complexity index is 787. The predicted octanol–water partition coefficient (Wildman–Crippen LogP) is 1.02. The molecule has 1 aliphatic rings. The number of rotatable bonds is 4. The number of hydrogen-bond acceptors (Lipinski definition) is 4. The van der Waals surface area contributed by atoms with Crippen LogP contribution in [0.15, 0.2) is 29.3 Å². The summed E-state index contributed by atoms with van der Waals surface area (Å²) in [7, 11) is -1.41. The smallest absolute Gasteiger partial charge is 0.251 e. The molecule has 144 valence electrons. The third kappa shape index (κ3) is 4.55. The zero-order valence-corrected chi connectivity index (χ0v) is 16.7. The van der Waals surface area contributed by atoms with Crippen LogP contribution in [0.25, 0.3) is 0 Å². The molecule has 26 heavy (non-hydrogen) atoms. The summed E-state index contributed by atoms with van der Waals surface area (Å²) in [6.07, 6.45) is 0. The lowest BCUT2D eigenvalue weighted by Gasteiger charge is -2.39. The van der Waals surface area contributed by atoms with Gasteiger partial charge in [-0.3, -0.25) is 9.79 Å².